The molecule has 0 spiro atoms. The van der Waals surface area contributed by atoms with Crippen molar-refractivity contribution in [3.05, 3.63) is 45.5 Å². The summed E-state index contributed by atoms with van der Waals surface area (Å²) in [4.78, 5) is 0. The molecule has 0 N–H and O–H groups in total. The standard InChI is InChI=1S/C11H8BrCl2N/c12-10-2-1-3-11-9(10)4-5-15(11)7-8(14)6-13/h1-6H,7H2/b8-6+. The number of nitrogens with zero attached hydrogens (tertiary/aromatic N) is 1. The topological polar surface area (TPSA) is 4.93 Å². The molecule has 0 radical (unpaired) electrons. The van der Waals surface area contributed by atoms with Crippen LogP contribution in [0.4, 0.5) is 0 Å². The molecule has 0 fully saturated rings. The summed E-state index contributed by atoms with van der Waals surface area (Å²) >= 11 is 14.9. The van der Waals surface area contributed by atoms with Crippen LogP contribution in [0.15, 0.2) is 45.5 Å². The van der Waals surface area contributed by atoms with Crippen LogP contribution in [-0.2, 0) is 6.54 Å². The van der Waals surface area contributed by atoms with Gasteiger partial charge in [-0.05, 0) is 18.2 Å². The lowest BCUT2D eigenvalue weighted by Crippen LogP contribution is -1.95. The maximum absolute atomic E-state index is 5.89. The second kappa shape index (κ2) is 4.60. The van der Waals surface area contributed by atoms with Gasteiger partial charge in [0.2, 0.25) is 0 Å². The van der Waals surface area contributed by atoms with E-state index in [1.54, 1.807) is 0 Å². The van der Waals surface area contributed by atoms with Gasteiger partial charge < -0.3 is 4.57 Å². The first-order valence-corrected chi connectivity index (χ1v) is 6.01. The van der Waals surface area contributed by atoms with Crippen LogP contribution in [0.2, 0.25) is 0 Å². The van der Waals surface area contributed by atoms with E-state index < -0.39 is 0 Å². The molecule has 15 heavy (non-hydrogen) atoms. The maximum Gasteiger partial charge on any atom is 0.0592 e. The summed E-state index contributed by atoms with van der Waals surface area (Å²) in [6, 6.07) is 8.13. The zero-order valence-electron chi connectivity index (χ0n) is 7.75. The number of aromatic nitrogens is 1. The van der Waals surface area contributed by atoms with Gasteiger partial charge in [0.25, 0.3) is 0 Å². The van der Waals surface area contributed by atoms with Crippen molar-refractivity contribution in [2.45, 2.75) is 6.54 Å². The fourth-order valence-corrected chi connectivity index (χ4v) is 2.21. The summed E-state index contributed by atoms with van der Waals surface area (Å²) in [7, 11) is 0. The normalized spacial score (nSPS) is 12.3. The van der Waals surface area contributed by atoms with Crippen LogP contribution >= 0.6 is 39.1 Å². The van der Waals surface area contributed by atoms with Crippen LogP contribution in [0.1, 0.15) is 0 Å². The first kappa shape index (κ1) is 11.1. The van der Waals surface area contributed by atoms with Gasteiger partial charge in [-0.25, -0.2) is 0 Å². The van der Waals surface area contributed by atoms with Crippen molar-refractivity contribution < 1.29 is 0 Å². The van der Waals surface area contributed by atoms with E-state index >= 15 is 0 Å². The minimum absolute atomic E-state index is 0.602. The second-order valence-corrected chi connectivity index (χ2v) is 4.73. The van der Waals surface area contributed by atoms with E-state index in [1.165, 1.54) is 10.9 Å². The molecule has 1 aromatic carbocycles. The summed E-state index contributed by atoms with van der Waals surface area (Å²) in [5.74, 6) is 0. The van der Waals surface area contributed by atoms with Gasteiger partial charge in [0.1, 0.15) is 0 Å². The number of benzene rings is 1. The maximum atomic E-state index is 5.89. The summed E-state index contributed by atoms with van der Waals surface area (Å²) in [5.41, 5.74) is 2.53. The van der Waals surface area contributed by atoms with Gasteiger partial charge in [0.05, 0.1) is 6.54 Å². The Bertz CT molecular complexity index is 516. The molecule has 4 heteroatoms. The molecule has 0 saturated carbocycles. The van der Waals surface area contributed by atoms with Gasteiger partial charge in [-0.2, -0.15) is 0 Å². The molecule has 78 valence electrons. The molecule has 2 rings (SSSR count). The number of rotatable bonds is 2. The van der Waals surface area contributed by atoms with Crippen molar-refractivity contribution in [1.29, 1.82) is 0 Å². The molecule has 0 saturated heterocycles. The van der Waals surface area contributed by atoms with Crippen LogP contribution < -0.4 is 0 Å². The van der Waals surface area contributed by atoms with Gasteiger partial charge in [0.15, 0.2) is 0 Å². The number of fused-ring (bicyclic) bond motifs is 1. The fourth-order valence-electron chi connectivity index (χ4n) is 1.52. The van der Waals surface area contributed by atoms with Crippen LogP contribution in [-0.4, -0.2) is 4.57 Å². The van der Waals surface area contributed by atoms with Crippen LogP contribution in [0.3, 0.4) is 0 Å². The molecule has 0 aliphatic rings. The zero-order chi connectivity index (χ0) is 10.8. The number of hydrogen-bond acceptors (Lipinski definition) is 0. The molecule has 1 aromatic heterocycles. The third-order valence-corrected chi connectivity index (χ3v) is 3.50. The van der Waals surface area contributed by atoms with Crippen LogP contribution in [0.5, 0.6) is 0 Å². The van der Waals surface area contributed by atoms with Gasteiger partial charge in [-0.1, -0.05) is 45.2 Å². The highest BCUT2D eigenvalue weighted by Gasteiger charge is 2.04. The van der Waals surface area contributed by atoms with E-state index in [1.807, 2.05) is 18.3 Å². The SMILES string of the molecule is Cl/C=C(/Cl)Cn1ccc2c(Br)cccc21. The summed E-state index contributed by atoms with van der Waals surface area (Å²) < 4.78 is 3.14. The Morgan fingerprint density at radius 1 is 1.40 bits per heavy atom. The van der Waals surface area contributed by atoms with Crippen molar-refractivity contribution in [2.24, 2.45) is 0 Å². The van der Waals surface area contributed by atoms with Crippen molar-refractivity contribution >= 4 is 50.0 Å². The Hall–Kier alpha value is -0.440. The average Bonchev–Trinajstić information content (AvgIpc) is 2.63. The smallest absolute Gasteiger partial charge is 0.0592 e. The van der Waals surface area contributed by atoms with E-state index in [4.69, 9.17) is 23.2 Å². The molecule has 2 aromatic rings. The Balaban J connectivity index is 2.50. The molecule has 0 atom stereocenters. The Morgan fingerprint density at radius 3 is 2.93 bits per heavy atom. The van der Waals surface area contributed by atoms with Gasteiger partial charge in [-0.15, -0.1) is 0 Å². The Morgan fingerprint density at radius 2 is 2.20 bits per heavy atom. The fraction of sp³-hybridized carbons (Fsp3) is 0.0909. The van der Waals surface area contributed by atoms with E-state index in [0.29, 0.717) is 11.6 Å². The van der Waals surface area contributed by atoms with Gasteiger partial charge >= 0.3 is 0 Å². The van der Waals surface area contributed by atoms with Crippen LogP contribution in [0, 0.1) is 0 Å². The predicted octanol–water partition coefficient (Wildman–Crippen LogP) is 4.72. The summed E-state index contributed by atoms with van der Waals surface area (Å²) in [5, 5.41) is 1.80. The van der Waals surface area contributed by atoms with E-state index in [-0.39, 0.29) is 0 Å². The summed E-state index contributed by atoms with van der Waals surface area (Å²) in [6.07, 6.45) is 2.00. The lowest BCUT2D eigenvalue weighted by Gasteiger charge is -2.03. The number of hydrogen-bond donors (Lipinski definition) is 0. The number of allylic oxidation sites excluding steroid dienone is 1. The predicted molar refractivity (Wildman–Crippen MR) is 69.4 cm³/mol. The summed E-state index contributed by atoms with van der Waals surface area (Å²) in [6.45, 7) is 0.602. The molecular formula is C11H8BrCl2N. The Kier molecular flexibility index (Phi) is 3.39. The van der Waals surface area contributed by atoms with E-state index in [2.05, 4.69) is 32.6 Å². The van der Waals surface area contributed by atoms with Gasteiger partial charge in [0, 0.05) is 32.1 Å². The van der Waals surface area contributed by atoms with E-state index in [0.717, 1.165) is 9.99 Å². The number of halogens is 3. The molecule has 0 aliphatic heterocycles. The molecule has 1 nitrogen and oxygen atoms in total. The molecule has 0 amide bonds. The third kappa shape index (κ3) is 2.22. The monoisotopic (exact) mass is 303 g/mol. The van der Waals surface area contributed by atoms with Crippen LogP contribution in [0.25, 0.3) is 10.9 Å². The Labute approximate surface area is 106 Å². The van der Waals surface area contributed by atoms with Crippen molar-refractivity contribution in [3.8, 4) is 0 Å². The highest BCUT2D eigenvalue weighted by Crippen LogP contribution is 2.25. The quantitative estimate of drug-likeness (QED) is 0.756. The lowest BCUT2D eigenvalue weighted by atomic mass is 10.2. The highest BCUT2D eigenvalue weighted by atomic mass is 79.9. The van der Waals surface area contributed by atoms with Crippen molar-refractivity contribution in [2.75, 3.05) is 0 Å². The molecule has 1 heterocycles. The van der Waals surface area contributed by atoms with Gasteiger partial charge in [-0.3, -0.25) is 0 Å². The minimum atomic E-state index is 0.602. The minimum Gasteiger partial charge on any atom is -0.342 e. The van der Waals surface area contributed by atoms with Crippen molar-refractivity contribution in [3.63, 3.8) is 0 Å². The molecular weight excluding hydrogens is 297 g/mol. The second-order valence-electron chi connectivity index (χ2n) is 3.17. The zero-order valence-corrected chi connectivity index (χ0v) is 10.9. The first-order valence-electron chi connectivity index (χ1n) is 4.40. The molecule has 0 bridgehead atoms. The lowest BCUT2D eigenvalue weighted by molar-refractivity contribution is 0.852. The first-order chi connectivity index (χ1) is 7.22. The van der Waals surface area contributed by atoms with Crippen molar-refractivity contribution in [1.82, 2.24) is 4.57 Å². The third-order valence-electron chi connectivity index (χ3n) is 2.20. The highest BCUT2D eigenvalue weighted by molar-refractivity contribution is 9.10. The largest absolute Gasteiger partial charge is 0.342 e. The molecule has 0 aliphatic carbocycles. The molecule has 0 unspecified atom stereocenters. The average molecular weight is 305 g/mol. The van der Waals surface area contributed by atoms with E-state index in [9.17, 15) is 0 Å².